The first-order valence-electron chi connectivity index (χ1n) is 10.1. The largest absolute Gasteiger partial charge is 0.457 e. The minimum Gasteiger partial charge on any atom is -0.457 e. The van der Waals surface area contributed by atoms with E-state index in [0.717, 1.165) is 22.4 Å². The van der Waals surface area contributed by atoms with Gasteiger partial charge in [0.2, 0.25) is 0 Å². The van der Waals surface area contributed by atoms with E-state index < -0.39 is 4.92 Å². The molecule has 0 atom stereocenters. The van der Waals surface area contributed by atoms with Gasteiger partial charge >= 0.3 is 0 Å². The topological polar surface area (TPSA) is 89.0 Å². The maximum atomic E-state index is 12.9. The van der Waals surface area contributed by atoms with Crippen LogP contribution in [0, 0.1) is 24.0 Å². The molecule has 0 unspecified atom stereocenters. The molecule has 2 heterocycles. The summed E-state index contributed by atoms with van der Waals surface area (Å²) in [5.41, 5.74) is 3.72. The lowest BCUT2D eigenvalue weighted by atomic mass is 10.1. The molecule has 162 valence electrons. The molecule has 1 aliphatic rings. The Morgan fingerprint density at radius 1 is 1.09 bits per heavy atom. The number of amidine groups is 1. The van der Waals surface area contributed by atoms with E-state index in [2.05, 4.69) is 0 Å². The minimum absolute atomic E-state index is 0.0194. The third-order valence-corrected chi connectivity index (χ3v) is 6.12. The number of para-hydroxylation sites is 1. The van der Waals surface area contributed by atoms with Gasteiger partial charge < -0.3 is 4.42 Å². The highest BCUT2D eigenvalue weighted by molar-refractivity contribution is 8.18. The first-order valence-corrected chi connectivity index (χ1v) is 10.9. The molecule has 0 radical (unpaired) electrons. The van der Waals surface area contributed by atoms with Crippen molar-refractivity contribution in [1.29, 1.82) is 0 Å². The molecule has 0 bridgehead atoms. The number of aryl methyl sites for hydroxylation is 2. The first-order chi connectivity index (χ1) is 15.4. The number of carbonyl (C=O) groups is 1. The molecule has 0 saturated carbocycles. The molecule has 1 aromatic heterocycles. The zero-order valence-electron chi connectivity index (χ0n) is 17.9. The molecule has 2 aromatic carbocycles. The second-order valence-corrected chi connectivity index (χ2v) is 8.31. The highest BCUT2D eigenvalue weighted by Crippen LogP contribution is 2.36. The van der Waals surface area contributed by atoms with E-state index in [1.807, 2.05) is 39.0 Å². The van der Waals surface area contributed by atoms with Gasteiger partial charge in [-0.3, -0.25) is 19.8 Å². The number of amides is 1. The number of carbonyl (C=O) groups excluding carboxylic acids is 1. The molecule has 1 fully saturated rings. The van der Waals surface area contributed by atoms with Crippen LogP contribution in [0.15, 0.2) is 68.9 Å². The van der Waals surface area contributed by atoms with Gasteiger partial charge in [-0.05, 0) is 67.9 Å². The van der Waals surface area contributed by atoms with Crippen LogP contribution in [0.3, 0.4) is 0 Å². The average molecular weight is 448 g/mol. The monoisotopic (exact) mass is 447 g/mol. The van der Waals surface area contributed by atoms with Gasteiger partial charge in [0.15, 0.2) is 5.17 Å². The quantitative estimate of drug-likeness (QED) is 0.268. The second kappa shape index (κ2) is 8.84. The number of non-ortho nitro benzene ring substituents is 1. The summed E-state index contributed by atoms with van der Waals surface area (Å²) in [4.78, 5) is 30.3. The van der Waals surface area contributed by atoms with E-state index in [1.54, 1.807) is 35.2 Å². The van der Waals surface area contributed by atoms with Crippen molar-refractivity contribution in [3.05, 3.63) is 86.5 Å². The summed E-state index contributed by atoms with van der Waals surface area (Å²) >= 11 is 1.32. The van der Waals surface area contributed by atoms with Crippen molar-refractivity contribution >= 4 is 40.3 Å². The number of hydrogen-bond donors (Lipinski definition) is 0. The van der Waals surface area contributed by atoms with Crippen LogP contribution in [0.4, 0.5) is 11.4 Å². The van der Waals surface area contributed by atoms with Crippen molar-refractivity contribution < 1.29 is 14.1 Å². The molecule has 4 rings (SSSR count). The van der Waals surface area contributed by atoms with Crippen molar-refractivity contribution in [3.63, 3.8) is 0 Å². The molecule has 1 amide bonds. The fourth-order valence-corrected chi connectivity index (χ4v) is 4.44. The van der Waals surface area contributed by atoms with Gasteiger partial charge in [0, 0.05) is 30.3 Å². The lowest BCUT2D eigenvalue weighted by molar-refractivity contribution is -0.384. The fourth-order valence-electron chi connectivity index (χ4n) is 3.41. The normalized spacial score (nSPS) is 16.3. The Kier molecular flexibility index (Phi) is 5.96. The Bertz CT molecular complexity index is 1240. The smallest absolute Gasteiger partial charge is 0.269 e. The highest BCUT2D eigenvalue weighted by Gasteiger charge is 2.32. The molecule has 3 aromatic rings. The maximum absolute atomic E-state index is 12.9. The molecule has 32 heavy (non-hydrogen) atoms. The third kappa shape index (κ3) is 4.22. The van der Waals surface area contributed by atoms with Gasteiger partial charge in [0.1, 0.15) is 11.5 Å². The average Bonchev–Trinajstić information content (AvgIpc) is 3.35. The van der Waals surface area contributed by atoms with Crippen LogP contribution < -0.4 is 0 Å². The van der Waals surface area contributed by atoms with Crippen molar-refractivity contribution in [2.75, 3.05) is 6.54 Å². The fraction of sp³-hybridized carbons (Fsp3) is 0.167. The van der Waals surface area contributed by atoms with E-state index in [9.17, 15) is 14.9 Å². The Morgan fingerprint density at radius 3 is 2.41 bits per heavy atom. The molecule has 1 saturated heterocycles. The Balaban J connectivity index is 1.61. The number of aliphatic imine (C=N–C) groups is 1. The Hall–Kier alpha value is -3.65. The number of hydrogen-bond acceptors (Lipinski definition) is 6. The van der Waals surface area contributed by atoms with Crippen molar-refractivity contribution in [2.45, 2.75) is 20.8 Å². The summed E-state index contributed by atoms with van der Waals surface area (Å²) in [7, 11) is 0. The molecular formula is C24H21N3O4S. The predicted molar refractivity (Wildman–Crippen MR) is 127 cm³/mol. The number of nitro benzene ring substituents is 1. The van der Waals surface area contributed by atoms with E-state index in [4.69, 9.17) is 9.41 Å². The number of rotatable bonds is 5. The van der Waals surface area contributed by atoms with Gasteiger partial charge in [-0.25, -0.2) is 4.99 Å². The summed E-state index contributed by atoms with van der Waals surface area (Å²) in [6.07, 6.45) is 1.71. The molecule has 1 aliphatic heterocycles. The number of nitrogens with zero attached hydrogens (tertiary/aromatic N) is 3. The van der Waals surface area contributed by atoms with E-state index in [-0.39, 0.29) is 11.6 Å². The molecule has 0 N–H and O–H groups in total. The lowest BCUT2D eigenvalue weighted by Crippen LogP contribution is -2.28. The standard InChI is InChI=1S/C24H21N3O4S/c1-4-26-23(28)21(32-24(26)25-22-15(2)6-5-7-16(22)3)14-19-12-13-20(31-19)17-8-10-18(11-9-17)27(29)30/h5-14H,4H2,1-3H3/b21-14+,25-24?. The maximum Gasteiger partial charge on any atom is 0.269 e. The molecule has 0 aliphatic carbocycles. The number of furan rings is 1. The van der Waals surface area contributed by atoms with E-state index >= 15 is 0 Å². The summed E-state index contributed by atoms with van der Waals surface area (Å²) in [5, 5.41) is 11.5. The predicted octanol–water partition coefficient (Wildman–Crippen LogP) is 6.10. The highest BCUT2D eigenvalue weighted by atomic mass is 32.2. The van der Waals surface area contributed by atoms with Crippen LogP contribution in [0.1, 0.15) is 23.8 Å². The zero-order valence-corrected chi connectivity index (χ0v) is 18.7. The third-order valence-electron chi connectivity index (χ3n) is 5.11. The molecule has 8 heteroatoms. The van der Waals surface area contributed by atoms with Crippen molar-refractivity contribution in [2.24, 2.45) is 4.99 Å². The SMILES string of the molecule is CCN1C(=O)/C(=C\c2ccc(-c3ccc([N+](=O)[O-])cc3)o2)SC1=Nc1c(C)cccc1C. The first kappa shape index (κ1) is 21.6. The van der Waals surface area contributed by atoms with Gasteiger partial charge in [-0.15, -0.1) is 0 Å². The Morgan fingerprint density at radius 2 is 1.78 bits per heavy atom. The summed E-state index contributed by atoms with van der Waals surface area (Å²) in [5.74, 6) is 0.980. The van der Waals surface area contributed by atoms with E-state index in [0.29, 0.717) is 28.1 Å². The number of nitro groups is 1. The van der Waals surface area contributed by atoms with Gasteiger partial charge in [0.25, 0.3) is 11.6 Å². The molecule has 7 nitrogen and oxygen atoms in total. The van der Waals surface area contributed by atoms with Crippen LogP contribution in [0.2, 0.25) is 0 Å². The van der Waals surface area contributed by atoms with E-state index in [1.165, 1.54) is 23.9 Å². The summed E-state index contributed by atoms with van der Waals surface area (Å²) < 4.78 is 5.87. The van der Waals surface area contributed by atoms with Gasteiger partial charge in [-0.1, -0.05) is 18.2 Å². The van der Waals surface area contributed by atoms with Gasteiger partial charge in [-0.2, -0.15) is 0 Å². The van der Waals surface area contributed by atoms with Crippen LogP contribution in [0.5, 0.6) is 0 Å². The van der Waals surface area contributed by atoms with Crippen LogP contribution >= 0.6 is 11.8 Å². The Labute approximate surface area is 189 Å². The van der Waals surface area contributed by atoms with Crippen LogP contribution in [0.25, 0.3) is 17.4 Å². The number of benzene rings is 2. The summed E-state index contributed by atoms with van der Waals surface area (Å²) in [6, 6.07) is 15.7. The van der Waals surface area contributed by atoms with Crippen LogP contribution in [-0.4, -0.2) is 27.4 Å². The molecule has 0 spiro atoms. The van der Waals surface area contributed by atoms with Gasteiger partial charge in [0.05, 0.1) is 15.5 Å². The minimum atomic E-state index is -0.443. The van der Waals surface area contributed by atoms with Crippen LogP contribution in [-0.2, 0) is 4.79 Å². The summed E-state index contributed by atoms with van der Waals surface area (Å²) in [6.45, 7) is 6.44. The zero-order chi connectivity index (χ0) is 22.8. The second-order valence-electron chi connectivity index (χ2n) is 7.30. The van der Waals surface area contributed by atoms with Crippen molar-refractivity contribution in [1.82, 2.24) is 4.90 Å². The van der Waals surface area contributed by atoms with Crippen molar-refractivity contribution in [3.8, 4) is 11.3 Å². The number of likely N-dealkylation sites (N-methyl/N-ethyl adjacent to an activating group) is 1. The lowest BCUT2D eigenvalue weighted by Gasteiger charge is -2.13. The number of thioether (sulfide) groups is 1. The molecular weight excluding hydrogens is 426 g/mol.